The predicted octanol–water partition coefficient (Wildman–Crippen LogP) is 1.93. The fraction of sp³-hybridized carbons (Fsp3) is 0.417. The molecule has 2 rings (SSSR count). The van der Waals surface area contributed by atoms with E-state index in [1.807, 2.05) is 19.9 Å². The lowest BCUT2D eigenvalue weighted by atomic mass is 10.2. The summed E-state index contributed by atoms with van der Waals surface area (Å²) in [6, 6.07) is 3.61. The topological polar surface area (TPSA) is 83.8 Å². The summed E-state index contributed by atoms with van der Waals surface area (Å²) in [5.41, 5.74) is 0. The molecular formula is C12H16N4O2S. The number of carbonyl (C=O) groups excluding carboxylic acids is 1. The van der Waals surface area contributed by atoms with Crippen molar-refractivity contribution in [1.29, 1.82) is 0 Å². The van der Waals surface area contributed by atoms with Gasteiger partial charge in [0.1, 0.15) is 11.6 Å². The minimum atomic E-state index is -0.0719. The van der Waals surface area contributed by atoms with E-state index in [1.54, 1.807) is 12.3 Å². The van der Waals surface area contributed by atoms with E-state index in [2.05, 4.69) is 20.5 Å². The quantitative estimate of drug-likeness (QED) is 0.790. The van der Waals surface area contributed by atoms with E-state index in [1.165, 1.54) is 11.8 Å². The number of H-pyrrole nitrogens is 1. The first-order valence-electron chi connectivity index (χ1n) is 5.99. The largest absolute Gasteiger partial charge is 0.467 e. The molecule has 2 N–H and O–H groups in total. The van der Waals surface area contributed by atoms with Crippen molar-refractivity contribution in [2.45, 2.75) is 31.5 Å². The molecule has 1 amide bonds. The van der Waals surface area contributed by atoms with Gasteiger partial charge in [-0.05, 0) is 12.1 Å². The second kappa shape index (κ2) is 6.42. The van der Waals surface area contributed by atoms with Gasteiger partial charge in [0.15, 0.2) is 0 Å². The third kappa shape index (κ3) is 4.13. The number of carbonyl (C=O) groups is 1. The molecule has 7 heteroatoms. The maximum absolute atomic E-state index is 11.6. The van der Waals surface area contributed by atoms with Gasteiger partial charge in [-0.25, -0.2) is 4.98 Å². The molecule has 0 aliphatic heterocycles. The number of furan rings is 1. The zero-order chi connectivity index (χ0) is 13.7. The van der Waals surface area contributed by atoms with Gasteiger partial charge in [0.05, 0.1) is 18.6 Å². The molecule has 0 saturated heterocycles. The molecule has 0 bridgehead atoms. The molecule has 0 aliphatic rings. The monoisotopic (exact) mass is 280 g/mol. The van der Waals surface area contributed by atoms with Gasteiger partial charge in [-0.1, -0.05) is 25.6 Å². The lowest BCUT2D eigenvalue weighted by Gasteiger charge is -2.01. The van der Waals surface area contributed by atoms with Crippen LogP contribution in [0.15, 0.2) is 28.0 Å². The molecule has 19 heavy (non-hydrogen) atoms. The molecule has 2 heterocycles. The third-order valence-corrected chi connectivity index (χ3v) is 3.25. The minimum absolute atomic E-state index is 0.0719. The molecule has 0 spiro atoms. The summed E-state index contributed by atoms with van der Waals surface area (Å²) in [4.78, 5) is 15.9. The number of rotatable bonds is 6. The molecule has 6 nitrogen and oxygen atoms in total. The zero-order valence-corrected chi connectivity index (χ0v) is 11.7. The lowest BCUT2D eigenvalue weighted by Crippen LogP contribution is -2.24. The molecule has 2 aromatic rings. The van der Waals surface area contributed by atoms with Crippen LogP contribution in [0.1, 0.15) is 31.4 Å². The number of aromatic amines is 1. The van der Waals surface area contributed by atoms with Crippen molar-refractivity contribution in [3.05, 3.63) is 30.0 Å². The molecule has 0 aliphatic carbocycles. The molecule has 2 aromatic heterocycles. The highest BCUT2D eigenvalue weighted by Crippen LogP contribution is 2.15. The first-order valence-corrected chi connectivity index (χ1v) is 6.98. The molecule has 0 unspecified atom stereocenters. The fourth-order valence-electron chi connectivity index (χ4n) is 1.36. The van der Waals surface area contributed by atoms with Gasteiger partial charge in [0.25, 0.3) is 0 Å². The van der Waals surface area contributed by atoms with E-state index in [9.17, 15) is 4.79 Å². The van der Waals surface area contributed by atoms with Crippen LogP contribution in [-0.2, 0) is 11.3 Å². The summed E-state index contributed by atoms with van der Waals surface area (Å²) in [5.74, 6) is 2.08. The fourth-order valence-corrected chi connectivity index (χ4v) is 2.00. The van der Waals surface area contributed by atoms with E-state index in [-0.39, 0.29) is 11.7 Å². The van der Waals surface area contributed by atoms with Crippen molar-refractivity contribution in [3.8, 4) is 0 Å². The van der Waals surface area contributed by atoms with Crippen molar-refractivity contribution in [3.63, 3.8) is 0 Å². The van der Waals surface area contributed by atoms with Gasteiger partial charge in [-0.3, -0.25) is 9.89 Å². The third-order valence-electron chi connectivity index (χ3n) is 2.40. The van der Waals surface area contributed by atoms with Gasteiger partial charge in [-0.2, -0.15) is 0 Å². The van der Waals surface area contributed by atoms with Crippen LogP contribution in [0.5, 0.6) is 0 Å². The van der Waals surface area contributed by atoms with Gasteiger partial charge >= 0.3 is 0 Å². The second-order valence-corrected chi connectivity index (χ2v) is 5.25. The Morgan fingerprint density at radius 2 is 2.42 bits per heavy atom. The van der Waals surface area contributed by atoms with E-state index in [4.69, 9.17) is 4.42 Å². The average Bonchev–Trinajstić information content (AvgIpc) is 3.05. The maximum atomic E-state index is 11.6. The molecule has 0 radical (unpaired) electrons. The molecule has 0 aromatic carbocycles. The molecule has 102 valence electrons. The Hall–Kier alpha value is -1.76. The highest BCUT2D eigenvalue weighted by Gasteiger charge is 2.09. The Labute approximate surface area is 115 Å². The number of nitrogens with zero attached hydrogens (tertiary/aromatic N) is 2. The average molecular weight is 280 g/mol. The number of amides is 1. The van der Waals surface area contributed by atoms with Crippen LogP contribution in [0.25, 0.3) is 0 Å². The van der Waals surface area contributed by atoms with Gasteiger partial charge in [-0.15, -0.1) is 5.10 Å². The summed E-state index contributed by atoms with van der Waals surface area (Å²) >= 11 is 1.31. The minimum Gasteiger partial charge on any atom is -0.467 e. The molecule has 0 fully saturated rings. The molecule has 0 saturated carbocycles. The second-order valence-electron chi connectivity index (χ2n) is 4.30. The van der Waals surface area contributed by atoms with Crippen LogP contribution in [-0.4, -0.2) is 26.8 Å². The smallest absolute Gasteiger partial charge is 0.230 e. The van der Waals surface area contributed by atoms with Crippen LogP contribution in [0, 0.1) is 0 Å². The molecular weight excluding hydrogens is 264 g/mol. The highest BCUT2D eigenvalue weighted by atomic mass is 32.2. The van der Waals surface area contributed by atoms with Gasteiger partial charge in [0, 0.05) is 5.92 Å². The highest BCUT2D eigenvalue weighted by molar-refractivity contribution is 7.99. The van der Waals surface area contributed by atoms with Crippen LogP contribution >= 0.6 is 11.8 Å². The standard InChI is InChI=1S/C12H16N4O2S/c1-8(2)11-14-12(16-15-11)19-7-10(17)13-6-9-4-3-5-18-9/h3-5,8H,6-7H2,1-2H3,(H,13,17)(H,14,15,16). The Morgan fingerprint density at radius 3 is 3.05 bits per heavy atom. The van der Waals surface area contributed by atoms with Crippen LogP contribution < -0.4 is 5.32 Å². The van der Waals surface area contributed by atoms with Crippen molar-refractivity contribution in [2.24, 2.45) is 0 Å². The Bertz CT molecular complexity index is 522. The zero-order valence-electron chi connectivity index (χ0n) is 10.8. The van der Waals surface area contributed by atoms with Crippen LogP contribution in [0.2, 0.25) is 0 Å². The van der Waals surface area contributed by atoms with E-state index in [0.29, 0.717) is 17.6 Å². The summed E-state index contributed by atoms with van der Waals surface area (Å²) in [7, 11) is 0. The lowest BCUT2D eigenvalue weighted by molar-refractivity contribution is -0.118. The summed E-state index contributed by atoms with van der Waals surface area (Å²) in [6.07, 6.45) is 1.58. The maximum Gasteiger partial charge on any atom is 0.230 e. The first kappa shape index (κ1) is 13.7. The van der Waals surface area contributed by atoms with Crippen molar-refractivity contribution < 1.29 is 9.21 Å². The summed E-state index contributed by atoms with van der Waals surface area (Å²) in [6.45, 7) is 4.47. The van der Waals surface area contributed by atoms with Crippen molar-refractivity contribution in [1.82, 2.24) is 20.5 Å². The van der Waals surface area contributed by atoms with E-state index < -0.39 is 0 Å². The number of hydrogen-bond donors (Lipinski definition) is 2. The van der Waals surface area contributed by atoms with E-state index >= 15 is 0 Å². The Morgan fingerprint density at radius 1 is 1.58 bits per heavy atom. The Kier molecular flexibility index (Phi) is 4.62. The predicted molar refractivity (Wildman–Crippen MR) is 71.8 cm³/mol. The summed E-state index contributed by atoms with van der Waals surface area (Å²) < 4.78 is 5.13. The van der Waals surface area contributed by atoms with Gasteiger partial charge in [0.2, 0.25) is 11.1 Å². The number of hydrogen-bond acceptors (Lipinski definition) is 5. The van der Waals surface area contributed by atoms with Crippen LogP contribution in [0.4, 0.5) is 0 Å². The molecule has 0 atom stereocenters. The number of nitrogens with one attached hydrogen (secondary N) is 2. The SMILES string of the molecule is CC(C)c1nc(SCC(=O)NCc2ccco2)n[nH]1. The van der Waals surface area contributed by atoms with Gasteiger partial charge < -0.3 is 9.73 Å². The summed E-state index contributed by atoms with van der Waals surface area (Å²) in [5, 5.41) is 10.3. The van der Waals surface area contributed by atoms with Crippen molar-refractivity contribution in [2.75, 3.05) is 5.75 Å². The normalized spacial score (nSPS) is 10.9. The van der Waals surface area contributed by atoms with Crippen molar-refractivity contribution >= 4 is 17.7 Å². The number of aromatic nitrogens is 3. The van der Waals surface area contributed by atoms with Crippen LogP contribution in [0.3, 0.4) is 0 Å². The van der Waals surface area contributed by atoms with E-state index in [0.717, 1.165) is 11.6 Å². The first-order chi connectivity index (χ1) is 9.15. The Balaban J connectivity index is 1.73. The number of thioether (sulfide) groups is 1.